The lowest BCUT2D eigenvalue weighted by molar-refractivity contribution is -0.136. The third-order valence-electron chi connectivity index (χ3n) is 3.61. The van der Waals surface area contributed by atoms with E-state index in [9.17, 15) is 4.79 Å². The van der Waals surface area contributed by atoms with E-state index in [0.29, 0.717) is 29.4 Å². The summed E-state index contributed by atoms with van der Waals surface area (Å²) in [7, 11) is 1.58. The zero-order valence-corrected chi connectivity index (χ0v) is 13.5. The van der Waals surface area contributed by atoms with Crippen LogP contribution in [0.4, 0.5) is 0 Å². The van der Waals surface area contributed by atoms with Gasteiger partial charge in [-0.1, -0.05) is 41.6 Å². The van der Waals surface area contributed by atoms with Gasteiger partial charge in [-0.3, -0.25) is 0 Å². The molecule has 0 saturated carbocycles. The van der Waals surface area contributed by atoms with Gasteiger partial charge in [-0.2, -0.15) is 0 Å². The van der Waals surface area contributed by atoms with E-state index in [1.807, 2.05) is 48.5 Å². The van der Waals surface area contributed by atoms with Gasteiger partial charge < -0.3 is 14.3 Å². The van der Waals surface area contributed by atoms with Crippen LogP contribution in [0.3, 0.4) is 0 Å². The van der Waals surface area contributed by atoms with Gasteiger partial charge in [0, 0.05) is 0 Å². The van der Waals surface area contributed by atoms with Gasteiger partial charge in [0.1, 0.15) is 6.61 Å². The molecule has 0 atom stereocenters. The molecule has 1 aliphatic heterocycles. The van der Waals surface area contributed by atoms with Crippen LogP contribution in [0.1, 0.15) is 18.1 Å². The van der Waals surface area contributed by atoms with Gasteiger partial charge in [-0.15, -0.1) is 0 Å². The zero-order chi connectivity index (χ0) is 16.9. The first-order valence-electron chi connectivity index (χ1n) is 7.50. The summed E-state index contributed by atoms with van der Waals surface area (Å²) in [6.45, 7) is 2.18. The number of ether oxygens (including phenoxy) is 2. The van der Waals surface area contributed by atoms with Crippen LogP contribution in [-0.2, 0) is 16.2 Å². The molecule has 0 fully saturated rings. The minimum atomic E-state index is -0.448. The predicted octanol–water partition coefficient (Wildman–Crippen LogP) is 3.59. The minimum Gasteiger partial charge on any atom is -0.493 e. The first-order chi connectivity index (χ1) is 11.7. The first-order valence-corrected chi connectivity index (χ1v) is 7.50. The Morgan fingerprint density at radius 3 is 2.58 bits per heavy atom. The van der Waals surface area contributed by atoms with Crippen molar-refractivity contribution in [2.75, 3.05) is 7.11 Å². The van der Waals surface area contributed by atoms with Crippen molar-refractivity contribution < 1.29 is 19.1 Å². The van der Waals surface area contributed by atoms with Crippen LogP contribution in [0.5, 0.6) is 11.5 Å². The lowest BCUT2D eigenvalue weighted by atomic mass is 10.1. The molecule has 5 nitrogen and oxygen atoms in total. The van der Waals surface area contributed by atoms with Crippen LogP contribution < -0.4 is 9.47 Å². The molecule has 1 aliphatic rings. The van der Waals surface area contributed by atoms with Gasteiger partial charge in [-0.25, -0.2) is 4.79 Å². The number of hydrogen-bond acceptors (Lipinski definition) is 5. The quantitative estimate of drug-likeness (QED) is 0.623. The molecule has 0 aromatic heterocycles. The molecule has 2 aromatic carbocycles. The minimum absolute atomic E-state index is 0.440. The van der Waals surface area contributed by atoms with E-state index in [0.717, 1.165) is 11.1 Å². The summed E-state index contributed by atoms with van der Waals surface area (Å²) >= 11 is 0. The van der Waals surface area contributed by atoms with Crippen LogP contribution in [0.15, 0.2) is 59.3 Å². The van der Waals surface area contributed by atoms with Gasteiger partial charge >= 0.3 is 5.97 Å². The van der Waals surface area contributed by atoms with E-state index in [2.05, 4.69) is 9.99 Å². The highest BCUT2D eigenvalue weighted by molar-refractivity contribution is 6.24. The SMILES string of the molecule is COc1cc(/C=C2\C(=O)ON=C2C)ccc1OCc1ccccc1. The summed E-state index contributed by atoms with van der Waals surface area (Å²) in [5.74, 6) is 0.792. The first kappa shape index (κ1) is 15.8. The number of methoxy groups -OCH3 is 1. The van der Waals surface area contributed by atoms with Crippen molar-refractivity contribution in [3.63, 3.8) is 0 Å². The standard InChI is InChI=1S/C19H17NO4/c1-13-16(19(21)24-20-13)10-15-8-9-17(18(11-15)22-2)23-12-14-6-4-3-5-7-14/h3-11H,12H2,1-2H3/b16-10-. The Bertz CT molecular complexity index is 809. The number of hydrogen-bond donors (Lipinski definition) is 0. The van der Waals surface area contributed by atoms with Crippen LogP contribution in [0.2, 0.25) is 0 Å². The largest absolute Gasteiger partial charge is 0.493 e. The third kappa shape index (κ3) is 3.46. The molecular formula is C19H17NO4. The van der Waals surface area contributed by atoms with Gasteiger partial charge in [0.05, 0.1) is 18.4 Å². The molecule has 0 bridgehead atoms. The summed E-state index contributed by atoms with van der Waals surface area (Å²) in [5, 5.41) is 3.66. The molecule has 3 rings (SSSR count). The Hall–Kier alpha value is -3.08. The summed E-state index contributed by atoms with van der Waals surface area (Å²) in [6, 6.07) is 15.4. The Morgan fingerprint density at radius 1 is 1.12 bits per heavy atom. The molecule has 0 N–H and O–H groups in total. The molecule has 0 unspecified atom stereocenters. The van der Waals surface area contributed by atoms with Crippen molar-refractivity contribution in [2.45, 2.75) is 13.5 Å². The molecule has 24 heavy (non-hydrogen) atoms. The van der Waals surface area contributed by atoms with Gasteiger partial charge in [-0.05, 0) is 36.3 Å². The second-order valence-electron chi connectivity index (χ2n) is 5.30. The van der Waals surface area contributed by atoms with Gasteiger partial charge in [0.25, 0.3) is 0 Å². The number of benzene rings is 2. The number of oxime groups is 1. The summed E-state index contributed by atoms with van der Waals surface area (Å²) < 4.78 is 11.2. The molecule has 2 aromatic rings. The van der Waals surface area contributed by atoms with Crippen LogP contribution in [0.25, 0.3) is 6.08 Å². The number of nitrogens with zero attached hydrogens (tertiary/aromatic N) is 1. The average Bonchev–Trinajstić information content (AvgIpc) is 2.93. The maximum atomic E-state index is 11.6. The van der Waals surface area contributed by atoms with E-state index in [1.165, 1.54) is 0 Å². The fraction of sp³-hybridized carbons (Fsp3) is 0.158. The average molecular weight is 323 g/mol. The molecular weight excluding hydrogens is 306 g/mol. The number of rotatable bonds is 5. The molecule has 1 heterocycles. The summed E-state index contributed by atoms with van der Waals surface area (Å²) in [5.41, 5.74) is 2.88. The van der Waals surface area contributed by atoms with Crippen LogP contribution in [0, 0.1) is 0 Å². The lowest BCUT2D eigenvalue weighted by Gasteiger charge is -2.11. The molecule has 0 radical (unpaired) electrons. The Morgan fingerprint density at radius 2 is 1.92 bits per heavy atom. The second kappa shape index (κ2) is 7.00. The second-order valence-corrected chi connectivity index (χ2v) is 5.30. The van der Waals surface area contributed by atoms with E-state index in [1.54, 1.807) is 20.1 Å². The maximum Gasteiger partial charge on any atom is 0.367 e. The van der Waals surface area contributed by atoms with Crippen molar-refractivity contribution in [3.8, 4) is 11.5 Å². The Kier molecular flexibility index (Phi) is 4.61. The molecule has 5 heteroatoms. The summed E-state index contributed by atoms with van der Waals surface area (Å²) in [4.78, 5) is 16.3. The number of carbonyl (C=O) groups is 1. The maximum absolute atomic E-state index is 11.6. The molecule has 0 aliphatic carbocycles. The van der Waals surface area contributed by atoms with Crippen molar-refractivity contribution in [1.82, 2.24) is 0 Å². The Labute approximate surface area is 140 Å². The van der Waals surface area contributed by atoms with E-state index in [4.69, 9.17) is 9.47 Å². The fourth-order valence-electron chi connectivity index (χ4n) is 2.31. The molecule has 122 valence electrons. The normalized spacial score (nSPS) is 15.2. The molecule has 0 amide bonds. The Balaban J connectivity index is 1.79. The highest BCUT2D eigenvalue weighted by Crippen LogP contribution is 2.30. The van der Waals surface area contributed by atoms with Crippen molar-refractivity contribution >= 4 is 17.8 Å². The predicted molar refractivity (Wildman–Crippen MR) is 90.9 cm³/mol. The molecule has 0 spiro atoms. The fourth-order valence-corrected chi connectivity index (χ4v) is 2.31. The lowest BCUT2D eigenvalue weighted by Crippen LogP contribution is -2.02. The zero-order valence-electron chi connectivity index (χ0n) is 13.5. The van der Waals surface area contributed by atoms with Crippen LogP contribution in [-0.4, -0.2) is 18.8 Å². The number of carbonyl (C=O) groups excluding carboxylic acids is 1. The molecule has 0 saturated heterocycles. The van der Waals surface area contributed by atoms with Gasteiger partial charge in [0.2, 0.25) is 0 Å². The van der Waals surface area contributed by atoms with E-state index in [-0.39, 0.29) is 0 Å². The highest BCUT2D eigenvalue weighted by atomic mass is 16.7. The highest BCUT2D eigenvalue weighted by Gasteiger charge is 2.21. The third-order valence-corrected chi connectivity index (χ3v) is 3.61. The summed E-state index contributed by atoms with van der Waals surface area (Å²) in [6.07, 6.45) is 1.72. The van der Waals surface area contributed by atoms with E-state index < -0.39 is 5.97 Å². The van der Waals surface area contributed by atoms with Crippen molar-refractivity contribution in [3.05, 3.63) is 65.2 Å². The van der Waals surface area contributed by atoms with Crippen molar-refractivity contribution in [2.24, 2.45) is 5.16 Å². The van der Waals surface area contributed by atoms with Crippen molar-refractivity contribution in [1.29, 1.82) is 0 Å². The van der Waals surface area contributed by atoms with E-state index >= 15 is 0 Å². The van der Waals surface area contributed by atoms with Gasteiger partial charge in [0.15, 0.2) is 11.5 Å². The monoisotopic (exact) mass is 323 g/mol. The topological polar surface area (TPSA) is 57.1 Å². The van der Waals surface area contributed by atoms with Crippen LogP contribution >= 0.6 is 0 Å². The smallest absolute Gasteiger partial charge is 0.367 e.